The molecule has 0 unspecified atom stereocenters. The first-order valence-electron chi connectivity index (χ1n) is 16.7. The lowest BCUT2D eigenvalue weighted by Gasteiger charge is -2.33. The Balaban J connectivity index is 1.68. The molecule has 11 heteroatoms. The molecule has 1 aliphatic rings. The van der Waals surface area contributed by atoms with Crippen LogP contribution in [0.2, 0.25) is 0 Å². The molecule has 2 heterocycles. The van der Waals surface area contributed by atoms with E-state index in [4.69, 9.17) is 4.74 Å². The summed E-state index contributed by atoms with van der Waals surface area (Å²) in [4.78, 5) is 41.6. The number of nitrogens with one attached hydrogen (secondary N) is 2. The summed E-state index contributed by atoms with van der Waals surface area (Å²) in [7, 11) is 0. The van der Waals surface area contributed by atoms with Crippen LogP contribution in [0.25, 0.3) is 11.1 Å². The van der Waals surface area contributed by atoms with Gasteiger partial charge in [-0.15, -0.1) is 0 Å². The number of fused-ring (bicyclic) bond motifs is 1. The van der Waals surface area contributed by atoms with Crippen LogP contribution in [-0.2, 0) is 27.3 Å². The molecule has 2 aromatic carbocycles. The van der Waals surface area contributed by atoms with Crippen LogP contribution >= 0.6 is 0 Å². The molecule has 3 aromatic rings. The second kappa shape index (κ2) is 15.5. The van der Waals surface area contributed by atoms with Gasteiger partial charge in [-0.25, -0.2) is 13.6 Å². The van der Waals surface area contributed by atoms with E-state index in [-0.39, 0.29) is 43.3 Å². The van der Waals surface area contributed by atoms with E-state index < -0.39 is 29.4 Å². The van der Waals surface area contributed by atoms with Crippen molar-refractivity contribution >= 4 is 18.3 Å². The number of hydrogen-bond donors (Lipinski definition) is 2. The minimum absolute atomic E-state index is 0.00188. The van der Waals surface area contributed by atoms with Gasteiger partial charge in [0.2, 0.25) is 0 Å². The van der Waals surface area contributed by atoms with Gasteiger partial charge in [-0.2, -0.15) is 9.78 Å². The number of carbonyl (C=O) groups excluding carboxylic acids is 3. The van der Waals surface area contributed by atoms with Crippen molar-refractivity contribution in [1.29, 1.82) is 0 Å². The van der Waals surface area contributed by atoms with Gasteiger partial charge in [0.1, 0.15) is 23.5 Å². The monoisotopic (exact) mass is 665 g/mol. The number of ether oxygens (including phenoxy) is 1. The van der Waals surface area contributed by atoms with Crippen LogP contribution in [0.3, 0.4) is 0 Å². The quantitative estimate of drug-likeness (QED) is 0.162. The van der Waals surface area contributed by atoms with E-state index >= 15 is 4.39 Å². The molecule has 0 spiro atoms. The molecule has 4 rings (SSSR count). The third-order valence-corrected chi connectivity index (χ3v) is 8.98. The second-order valence-electron chi connectivity index (χ2n) is 13.7. The Kier molecular flexibility index (Phi) is 11.9. The van der Waals surface area contributed by atoms with E-state index in [9.17, 15) is 18.8 Å². The summed E-state index contributed by atoms with van der Waals surface area (Å²) in [6.07, 6.45) is 3.24. The normalized spacial score (nSPS) is 15.2. The Morgan fingerprint density at radius 2 is 1.75 bits per heavy atom. The first-order chi connectivity index (χ1) is 22.7. The van der Waals surface area contributed by atoms with Crippen LogP contribution in [0.15, 0.2) is 30.5 Å². The molecule has 1 amide bonds. The molecule has 0 aliphatic carbocycles. The average Bonchev–Trinajstić information content (AvgIpc) is 3.44. The maximum absolute atomic E-state index is 16.0. The Bertz CT molecular complexity index is 1630. The van der Waals surface area contributed by atoms with Gasteiger partial charge in [0.25, 0.3) is 0 Å². The van der Waals surface area contributed by atoms with E-state index in [2.05, 4.69) is 34.5 Å². The number of rotatable bonds is 13. The lowest BCUT2D eigenvalue weighted by atomic mass is 9.88. The van der Waals surface area contributed by atoms with Crippen molar-refractivity contribution in [3.63, 3.8) is 0 Å². The summed E-state index contributed by atoms with van der Waals surface area (Å²) in [6.45, 7) is 16.6. The van der Waals surface area contributed by atoms with Crippen molar-refractivity contribution in [2.24, 2.45) is 5.92 Å². The molecule has 1 aromatic heterocycles. The average molecular weight is 666 g/mol. The molecule has 0 saturated carbocycles. The topological polar surface area (TPSA) is 106 Å². The molecule has 2 atom stereocenters. The maximum atomic E-state index is 16.0. The molecule has 1 aliphatic heterocycles. The van der Waals surface area contributed by atoms with Crippen LogP contribution in [0, 0.1) is 38.3 Å². The number of amides is 1. The first-order valence-corrected chi connectivity index (χ1v) is 16.7. The fourth-order valence-corrected chi connectivity index (χ4v) is 6.70. The minimum Gasteiger partial charge on any atom is -0.466 e. The largest absolute Gasteiger partial charge is 0.466 e. The first kappa shape index (κ1) is 36.9. The Morgan fingerprint density at radius 3 is 2.35 bits per heavy atom. The van der Waals surface area contributed by atoms with Gasteiger partial charge in [0, 0.05) is 43.5 Å². The smallest absolute Gasteiger partial charge is 0.342 e. The predicted molar refractivity (Wildman–Crippen MR) is 182 cm³/mol. The number of hydrogen-bond acceptors (Lipinski definition) is 7. The molecule has 9 nitrogen and oxygen atoms in total. The van der Waals surface area contributed by atoms with E-state index in [0.29, 0.717) is 41.1 Å². The number of benzene rings is 2. The van der Waals surface area contributed by atoms with Gasteiger partial charge in [0.05, 0.1) is 18.7 Å². The predicted octanol–water partition coefficient (Wildman–Crippen LogP) is 6.35. The number of nitrogens with zero attached hydrogens (tertiary/aromatic N) is 3. The lowest BCUT2D eigenvalue weighted by Crippen LogP contribution is -2.58. The Hall–Kier alpha value is -3.96. The van der Waals surface area contributed by atoms with E-state index in [1.165, 1.54) is 16.8 Å². The summed E-state index contributed by atoms with van der Waals surface area (Å²) in [5.41, 5.74) is 3.79. The molecular formula is C37H49F2N5O4. The SMILES string of the molecule is CCOC(=O)C[C@H](NC[C@@](C=O)(CC(C)C)NC(=O)n1cc2c(n1)CN(C(C)C)CC2)c1cc(-c2c(C)cc(F)cc2C)cc(C)c1F. The number of carbonyl (C=O) groups is 3. The molecule has 0 saturated heterocycles. The highest BCUT2D eigenvalue weighted by Crippen LogP contribution is 2.34. The van der Waals surface area contributed by atoms with Gasteiger partial charge >= 0.3 is 12.0 Å². The van der Waals surface area contributed by atoms with Crippen LogP contribution in [-0.4, -0.2) is 64.2 Å². The molecular weight excluding hydrogens is 616 g/mol. The van der Waals surface area contributed by atoms with Gasteiger partial charge < -0.3 is 20.2 Å². The zero-order valence-corrected chi connectivity index (χ0v) is 29.4. The van der Waals surface area contributed by atoms with Crippen LogP contribution in [0.1, 0.15) is 87.0 Å². The van der Waals surface area contributed by atoms with E-state index in [1.54, 1.807) is 46.0 Å². The molecule has 0 radical (unpaired) electrons. The highest BCUT2D eigenvalue weighted by molar-refractivity contribution is 5.82. The number of aldehydes is 1. The standard InChI is InChI=1S/C37H49F2N5O4/c1-9-48-33(46)16-31(30-15-28(12-26(8)35(30)39)34-24(6)13-29(38)14-25(34)7)40-20-37(21-45,17-22(2)3)41-36(47)44-18-27-10-11-43(23(4)5)19-32(27)42-44/h12-15,18,21-23,31,40H,9-11,16-17,19-20H2,1-8H3,(H,41,47)/t31-,37+/m0/s1. The third-order valence-electron chi connectivity index (χ3n) is 8.98. The Morgan fingerprint density at radius 1 is 1.06 bits per heavy atom. The summed E-state index contributed by atoms with van der Waals surface area (Å²) in [5, 5.41) is 10.7. The number of esters is 1. The minimum atomic E-state index is -1.40. The van der Waals surface area contributed by atoms with Gasteiger partial charge in [-0.05, 0) is 118 Å². The van der Waals surface area contributed by atoms with Crippen LogP contribution in [0.5, 0.6) is 0 Å². The van der Waals surface area contributed by atoms with E-state index in [0.717, 1.165) is 29.8 Å². The van der Waals surface area contributed by atoms with Crippen molar-refractivity contribution in [2.45, 2.75) is 98.8 Å². The van der Waals surface area contributed by atoms with Gasteiger partial charge in [-0.3, -0.25) is 9.69 Å². The second-order valence-corrected chi connectivity index (χ2v) is 13.7. The van der Waals surface area contributed by atoms with Crippen molar-refractivity contribution in [3.05, 3.63) is 75.6 Å². The summed E-state index contributed by atoms with van der Waals surface area (Å²) in [6, 6.07) is 5.10. The molecule has 48 heavy (non-hydrogen) atoms. The third kappa shape index (κ3) is 8.54. The van der Waals surface area contributed by atoms with Crippen molar-refractivity contribution in [3.8, 4) is 11.1 Å². The number of halogens is 2. The van der Waals surface area contributed by atoms with Gasteiger partial charge in [0.15, 0.2) is 0 Å². The van der Waals surface area contributed by atoms with Crippen LogP contribution < -0.4 is 10.6 Å². The molecule has 0 fully saturated rings. The summed E-state index contributed by atoms with van der Waals surface area (Å²) < 4.78 is 36.6. The van der Waals surface area contributed by atoms with Crippen molar-refractivity contribution < 1.29 is 27.9 Å². The highest BCUT2D eigenvalue weighted by Gasteiger charge is 2.36. The van der Waals surface area contributed by atoms with Crippen molar-refractivity contribution in [1.82, 2.24) is 25.3 Å². The zero-order valence-electron chi connectivity index (χ0n) is 29.4. The molecule has 2 N–H and O–H groups in total. The zero-order chi connectivity index (χ0) is 35.3. The summed E-state index contributed by atoms with van der Waals surface area (Å²) in [5.74, 6) is -1.42. The van der Waals surface area contributed by atoms with Crippen molar-refractivity contribution in [2.75, 3.05) is 19.7 Å². The Labute approximate surface area is 282 Å². The maximum Gasteiger partial charge on any atom is 0.342 e. The molecule has 0 bridgehead atoms. The number of aryl methyl sites for hydroxylation is 3. The number of aromatic nitrogens is 2. The van der Waals surface area contributed by atoms with Gasteiger partial charge in [-0.1, -0.05) is 13.8 Å². The van der Waals surface area contributed by atoms with Crippen LogP contribution in [0.4, 0.5) is 13.6 Å². The summed E-state index contributed by atoms with van der Waals surface area (Å²) >= 11 is 0. The lowest BCUT2D eigenvalue weighted by molar-refractivity contribution is -0.143. The fraction of sp³-hybridized carbons (Fsp3) is 0.514. The highest BCUT2D eigenvalue weighted by atomic mass is 19.1. The fourth-order valence-electron chi connectivity index (χ4n) is 6.70. The molecule has 260 valence electrons. The van der Waals surface area contributed by atoms with E-state index in [1.807, 2.05) is 13.8 Å².